The molecule has 1 atom stereocenters. The molecule has 17 heavy (non-hydrogen) atoms. The van der Waals surface area contributed by atoms with Crippen LogP contribution in [0.1, 0.15) is 5.69 Å². The molecule has 3 rings (SSSR count). The molecule has 1 aliphatic rings. The van der Waals surface area contributed by atoms with E-state index in [4.69, 9.17) is 0 Å². The second-order valence-electron chi connectivity index (χ2n) is 4.10. The highest BCUT2D eigenvalue weighted by Gasteiger charge is 2.27. The van der Waals surface area contributed by atoms with E-state index in [9.17, 15) is 8.78 Å². The van der Waals surface area contributed by atoms with Gasteiger partial charge in [0.15, 0.2) is 0 Å². The van der Waals surface area contributed by atoms with Crippen molar-refractivity contribution in [3.05, 3.63) is 40.2 Å². The Hall–Kier alpha value is -1.23. The van der Waals surface area contributed by atoms with E-state index in [2.05, 4.69) is 21.0 Å². The summed E-state index contributed by atoms with van der Waals surface area (Å²) in [5, 5.41) is 4.35. The lowest BCUT2D eigenvalue weighted by atomic mass is 10.1. The summed E-state index contributed by atoms with van der Waals surface area (Å²) < 4.78 is 28.5. The van der Waals surface area contributed by atoms with Crippen molar-refractivity contribution in [2.45, 2.75) is 19.1 Å². The molecule has 0 saturated carbocycles. The molecule has 1 unspecified atom stereocenters. The van der Waals surface area contributed by atoms with Gasteiger partial charge in [-0.05, 0) is 40.2 Å². The summed E-state index contributed by atoms with van der Waals surface area (Å²) in [5.41, 5.74) is 2.44. The lowest BCUT2D eigenvalue weighted by Gasteiger charge is -2.00. The second kappa shape index (κ2) is 3.91. The standard InChI is InChI=1S/C12H9BrF2N2/c13-11-10-5-9(15)6-17(10)16-12(11)7-1-3-8(14)4-2-7/h1-4,9H,5-6H2. The Morgan fingerprint density at radius 1 is 1.29 bits per heavy atom. The monoisotopic (exact) mass is 298 g/mol. The van der Waals surface area contributed by atoms with Gasteiger partial charge in [0.1, 0.15) is 17.7 Å². The van der Waals surface area contributed by atoms with Gasteiger partial charge in [0.25, 0.3) is 0 Å². The summed E-state index contributed by atoms with van der Waals surface area (Å²) in [6, 6.07) is 6.13. The first-order valence-electron chi connectivity index (χ1n) is 5.30. The van der Waals surface area contributed by atoms with Gasteiger partial charge in [-0.25, -0.2) is 8.78 Å². The van der Waals surface area contributed by atoms with Crippen LogP contribution in [0, 0.1) is 5.82 Å². The Kier molecular flexibility index (Phi) is 2.50. The number of nitrogens with zero attached hydrogens (tertiary/aromatic N) is 2. The van der Waals surface area contributed by atoms with E-state index >= 15 is 0 Å². The van der Waals surface area contributed by atoms with E-state index in [1.54, 1.807) is 16.8 Å². The van der Waals surface area contributed by atoms with Gasteiger partial charge in [0.2, 0.25) is 0 Å². The zero-order chi connectivity index (χ0) is 12.0. The van der Waals surface area contributed by atoms with Crippen LogP contribution >= 0.6 is 15.9 Å². The van der Waals surface area contributed by atoms with Gasteiger partial charge in [-0.1, -0.05) is 0 Å². The molecule has 0 radical (unpaired) electrons. The zero-order valence-corrected chi connectivity index (χ0v) is 10.4. The molecule has 0 saturated heterocycles. The van der Waals surface area contributed by atoms with Crippen LogP contribution in [0.3, 0.4) is 0 Å². The zero-order valence-electron chi connectivity index (χ0n) is 8.83. The summed E-state index contributed by atoms with van der Waals surface area (Å²) in [6.07, 6.45) is -0.467. The van der Waals surface area contributed by atoms with Gasteiger partial charge in [-0.15, -0.1) is 0 Å². The minimum absolute atomic E-state index is 0.277. The van der Waals surface area contributed by atoms with Gasteiger partial charge < -0.3 is 0 Å². The Bertz CT molecular complexity index is 563. The molecule has 2 heterocycles. The first-order valence-corrected chi connectivity index (χ1v) is 6.09. The summed E-state index contributed by atoms with van der Waals surface area (Å²) in [5.74, 6) is -0.277. The van der Waals surface area contributed by atoms with E-state index in [1.807, 2.05) is 0 Å². The third-order valence-electron chi connectivity index (χ3n) is 2.90. The van der Waals surface area contributed by atoms with E-state index in [0.29, 0.717) is 13.0 Å². The minimum atomic E-state index is -0.851. The fourth-order valence-electron chi connectivity index (χ4n) is 2.08. The van der Waals surface area contributed by atoms with E-state index in [1.165, 1.54) is 12.1 Å². The molecular formula is C12H9BrF2N2. The number of aromatic nitrogens is 2. The first kappa shape index (κ1) is 10.9. The van der Waals surface area contributed by atoms with Crippen molar-refractivity contribution in [3.8, 4) is 11.3 Å². The van der Waals surface area contributed by atoms with Crippen molar-refractivity contribution in [1.82, 2.24) is 9.78 Å². The number of benzene rings is 1. The van der Waals surface area contributed by atoms with E-state index < -0.39 is 6.17 Å². The van der Waals surface area contributed by atoms with Crippen molar-refractivity contribution in [3.63, 3.8) is 0 Å². The number of fused-ring (bicyclic) bond motifs is 1. The summed E-state index contributed by atoms with van der Waals surface area (Å²) in [7, 11) is 0. The topological polar surface area (TPSA) is 17.8 Å². The van der Waals surface area contributed by atoms with Crippen molar-refractivity contribution in [1.29, 1.82) is 0 Å². The maximum atomic E-state index is 13.2. The lowest BCUT2D eigenvalue weighted by Crippen LogP contribution is -2.03. The van der Waals surface area contributed by atoms with Crippen LogP contribution in [0.4, 0.5) is 8.78 Å². The van der Waals surface area contributed by atoms with Crippen LogP contribution < -0.4 is 0 Å². The molecule has 1 aromatic heterocycles. The highest BCUT2D eigenvalue weighted by Crippen LogP contribution is 2.34. The average molecular weight is 299 g/mol. The molecule has 5 heteroatoms. The van der Waals surface area contributed by atoms with Crippen LogP contribution in [0.2, 0.25) is 0 Å². The van der Waals surface area contributed by atoms with Crippen molar-refractivity contribution >= 4 is 15.9 Å². The van der Waals surface area contributed by atoms with Crippen LogP contribution in [0.15, 0.2) is 28.7 Å². The number of alkyl halides is 1. The summed E-state index contributed by atoms with van der Waals surface area (Å²) in [6.45, 7) is 0.301. The maximum absolute atomic E-state index is 13.2. The van der Waals surface area contributed by atoms with Crippen molar-refractivity contribution < 1.29 is 8.78 Å². The molecule has 2 nitrogen and oxygen atoms in total. The predicted molar refractivity (Wildman–Crippen MR) is 63.9 cm³/mol. The third-order valence-corrected chi connectivity index (χ3v) is 3.73. The summed E-state index contributed by atoms with van der Waals surface area (Å²) >= 11 is 3.44. The van der Waals surface area contributed by atoms with Crippen molar-refractivity contribution in [2.75, 3.05) is 0 Å². The first-order chi connectivity index (χ1) is 8.15. The molecule has 1 aromatic carbocycles. The molecule has 0 amide bonds. The smallest absolute Gasteiger partial charge is 0.125 e. The number of halogens is 3. The molecule has 0 fully saturated rings. The Morgan fingerprint density at radius 2 is 2.00 bits per heavy atom. The lowest BCUT2D eigenvalue weighted by molar-refractivity contribution is 0.322. The van der Waals surface area contributed by atoms with Gasteiger partial charge >= 0.3 is 0 Å². The predicted octanol–water partition coefficient (Wildman–Crippen LogP) is 3.35. The SMILES string of the molecule is Fc1ccc(-c2nn3c(c2Br)CC(F)C3)cc1. The fourth-order valence-corrected chi connectivity index (χ4v) is 2.75. The Balaban J connectivity index is 2.06. The number of rotatable bonds is 1. The van der Waals surface area contributed by atoms with Gasteiger partial charge in [0.05, 0.1) is 16.7 Å². The van der Waals surface area contributed by atoms with Crippen molar-refractivity contribution in [2.24, 2.45) is 0 Å². The molecule has 88 valence electrons. The Labute approximate surface area is 105 Å². The highest BCUT2D eigenvalue weighted by molar-refractivity contribution is 9.10. The minimum Gasteiger partial charge on any atom is -0.265 e. The van der Waals surface area contributed by atoms with E-state index in [-0.39, 0.29) is 5.82 Å². The molecule has 2 aromatic rings. The number of hydrogen-bond acceptors (Lipinski definition) is 1. The summed E-state index contributed by atoms with van der Waals surface area (Å²) in [4.78, 5) is 0. The van der Waals surface area contributed by atoms with Crippen LogP contribution in [0.5, 0.6) is 0 Å². The highest BCUT2D eigenvalue weighted by atomic mass is 79.9. The maximum Gasteiger partial charge on any atom is 0.125 e. The van der Waals surface area contributed by atoms with Crippen LogP contribution in [-0.2, 0) is 13.0 Å². The van der Waals surface area contributed by atoms with Gasteiger partial charge in [-0.3, -0.25) is 4.68 Å². The molecule has 1 aliphatic heterocycles. The number of hydrogen-bond donors (Lipinski definition) is 0. The quantitative estimate of drug-likeness (QED) is 0.789. The molecule has 0 aliphatic carbocycles. The molecule has 0 N–H and O–H groups in total. The molecule has 0 spiro atoms. The second-order valence-corrected chi connectivity index (χ2v) is 4.89. The normalized spacial score (nSPS) is 18.4. The van der Waals surface area contributed by atoms with Gasteiger partial charge in [-0.2, -0.15) is 5.10 Å². The molecule has 0 bridgehead atoms. The van der Waals surface area contributed by atoms with Gasteiger partial charge in [0, 0.05) is 12.0 Å². The average Bonchev–Trinajstić information content (AvgIpc) is 2.79. The molecular weight excluding hydrogens is 290 g/mol. The fraction of sp³-hybridized carbons (Fsp3) is 0.250. The van der Waals surface area contributed by atoms with Crippen LogP contribution in [0.25, 0.3) is 11.3 Å². The van der Waals surface area contributed by atoms with Crippen LogP contribution in [-0.4, -0.2) is 16.0 Å². The third kappa shape index (κ3) is 1.78. The largest absolute Gasteiger partial charge is 0.265 e. The Morgan fingerprint density at radius 3 is 2.65 bits per heavy atom. The van der Waals surface area contributed by atoms with E-state index in [0.717, 1.165) is 21.4 Å².